The van der Waals surface area contributed by atoms with Crippen LogP contribution in [0.4, 0.5) is 0 Å². The van der Waals surface area contributed by atoms with Crippen molar-refractivity contribution >= 4 is 32.2 Å². The molecule has 1 atom stereocenters. The normalized spacial score (nSPS) is 17.5. The van der Waals surface area contributed by atoms with E-state index in [1.54, 1.807) is 12.1 Å². The Morgan fingerprint density at radius 1 is 0.794 bits per heavy atom. The van der Waals surface area contributed by atoms with Gasteiger partial charge in [-0.25, -0.2) is 0 Å². The summed E-state index contributed by atoms with van der Waals surface area (Å²) in [5.74, 6) is 0.178. The first kappa shape index (κ1) is 22.1. The summed E-state index contributed by atoms with van der Waals surface area (Å²) in [6.07, 6.45) is 3.41. The first-order valence-electron chi connectivity index (χ1n) is 11.3. The molecule has 0 bridgehead atoms. The van der Waals surface area contributed by atoms with Crippen LogP contribution in [0.2, 0.25) is 0 Å². The highest BCUT2D eigenvalue weighted by atomic mass is 32.2. The highest BCUT2D eigenvalue weighted by Crippen LogP contribution is 2.37. The molecular formula is C29H25NO3S. The van der Waals surface area contributed by atoms with Gasteiger partial charge in [0.1, 0.15) is 4.90 Å². The number of benzene rings is 4. The molecule has 4 aromatic rings. The molecule has 1 unspecified atom stereocenters. The fourth-order valence-corrected chi connectivity index (χ4v) is 5.12. The van der Waals surface area contributed by atoms with Gasteiger partial charge in [0.2, 0.25) is 0 Å². The van der Waals surface area contributed by atoms with Gasteiger partial charge in [0.15, 0.2) is 0 Å². The molecule has 0 radical (unpaired) electrons. The Morgan fingerprint density at radius 2 is 1.50 bits per heavy atom. The minimum Gasteiger partial charge on any atom is -0.265 e. The monoisotopic (exact) mass is 467 g/mol. The Morgan fingerprint density at radius 3 is 2.26 bits per heavy atom. The number of aryl methyl sites for hydroxylation is 1. The molecule has 1 aliphatic rings. The van der Waals surface area contributed by atoms with Gasteiger partial charge < -0.3 is 0 Å². The molecule has 0 N–H and O–H groups in total. The van der Waals surface area contributed by atoms with E-state index in [0.717, 1.165) is 23.1 Å². The fourth-order valence-electron chi connectivity index (χ4n) is 4.37. The van der Waals surface area contributed by atoms with Crippen LogP contribution in [0.1, 0.15) is 35.4 Å². The van der Waals surface area contributed by atoms with Crippen LogP contribution in [-0.4, -0.2) is 14.1 Å². The Kier molecular flexibility index (Phi) is 6.03. The summed E-state index contributed by atoms with van der Waals surface area (Å²) in [6, 6.07) is 31.5. The van der Waals surface area contributed by atoms with Gasteiger partial charge in [-0.3, -0.25) is 4.28 Å². The van der Waals surface area contributed by atoms with Gasteiger partial charge in [0, 0.05) is 6.42 Å². The lowest BCUT2D eigenvalue weighted by Gasteiger charge is -2.24. The van der Waals surface area contributed by atoms with Gasteiger partial charge >= 0.3 is 10.1 Å². The maximum Gasteiger partial charge on any atom is 0.358 e. The molecule has 1 aliphatic carbocycles. The van der Waals surface area contributed by atoms with Gasteiger partial charge in [-0.05, 0) is 71.0 Å². The van der Waals surface area contributed by atoms with E-state index in [0.29, 0.717) is 12.1 Å². The average molecular weight is 468 g/mol. The van der Waals surface area contributed by atoms with E-state index in [1.165, 1.54) is 28.5 Å². The maximum absolute atomic E-state index is 12.7. The highest BCUT2D eigenvalue weighted by molar-refractivity contribution is 7.86. The van der Waals surface area contributed by atoms with Gasteiger partial charge in [0.05, 0.1) is 5.71 Å². The molecule has 0 fully saturated rings. The topological polar surface area (TPSA) is 55.7 Å². The quantitative estimate of drug-likeness (QED) is 0.301. The molecule has 0 amide bonds. The third-order valence-corrected chi connectivity index (χ3v) is 7.34. The van der Waals surface area contributed by atoms with Crippen molar-refractivity contribution in [3.63, 3.8) is 0 Å². The summed E-state index contributed by atoms with van der Waals surface area (Å²) in [5, 5.41) is 6.47. The van der Waals surface area contributed by atoms with Crippen LogP contribution in [0.3, 0.4) is 0 Å². The number of allylic oxidation sites excluding steroid dienone is 2. The number of rotatable bonds is 5. The number of nitrogens with zero attached hydrogens (tertiary/aromatic N) is 1. The Hall–Kier alpha value is -3.70. The third kappa shape index (κ3) is 4.80. The second-order valence-electron chi connectivity index (χ2n) is 8.67. The van der Waals surface area contributed by atoms with Gasteiger partial charge in [0.25, 0.3) is 0 Å². The molecule has 0 heterocycles. The summed E-state index contributed by atoms with van der Waals surface area (Å²) >= 11 is 0. The standard InChI is InChI=1S/C29H25NO3S/c1-21-11-15-29(16-12-21)34(31,32)33-30-28-19-26(22-7-3-2-4-8-22)18-27(20-28)25-14-13-23-9-5-6-10-24(23)17-25/h2-17,20,26H,18-19H2,1H3/b30-28+. The molecule has 0 aromatic heterocycles. The van der Waals surface area contributed by atoms with Crippen LogP contribution < -0.4 is 0 Å². The molecule has 170 valence electrons. The zero-order valence-electron chi connectivity index (χ0n) is 18.9. The zero-order chi connectivity index (χ0) is 23.5. The fraction of sp³-hybridized carbons (Fsp3) is 0.138. The van der Waals surface area contributed by atoms with Crippen molar-refractivity contribution in [2.24, 2.45) is 5.16 Å². The largest absolute Gasteiger partial charge is 0.358 e. The smallest absolute Gasteiger partial charge is 0.265 e. The highest BCUT2D eigenvalue weighted by Gasteiger charge is 2.24. The van der Waals surface area contributed by atoms with E-state index >= 15 is 0 Å². The summed E-state index contributed by atoms with van der Waals surface area (Å²) in [7, 11) is -3.99. The van der Waals surface area contributed by atoms with Crippen LogP contribution in [0, 0.1) is 6.92 Å². The van der Waals surface area contributed by atoms with E-state index in [9.17, 15) is 8.42 Å². The summed E-state index contributed by atoms with van der Waals surface area (Å²) in [6.45, 7) is 1.91. The van der Waals surface area contributed by atoms with E-state index in [1.807, 2.05) is 43.3 Å². The summed E-state index contributed by atoms with van der Waals surface area (Å²) < 4.78 is 30.5. The third-order valence-electron chi connectivity index (χ3n) is 6.22. The van der Waals surface area contributed by atoms with Crippen molar-refractivity contribution in [1.82, 2.24) is 0 Å². The average Bonchev–Trinajstić information content (AvgIpc) is 2.88. The molecule has 0 saturated carbocycles. The van der Waals surface area contributed by atoms with Crippen LogP contribution in [0.5, 0.6) is 0 Å². The van der Waals surface area contributed by atoms with Crippen molar-refractivity contribution < 1.29 is 12.7 Å². The summed E-state index contributed by atoms with van der Waals surface area (Å²) in [4.78, 5) is 0.0941. The Labute approximate surface area is 200 Å². The minimum atomic E-state index is -3.99. The molecule has 4 nitrogen and oxygen atoms in total. The van der Waals surface area contributed by atoms with Crippen molar-refractivity contribution in [3.8, 4) is 0 Å². The molecular weight excluding hydrogens is 442 g/mol. The van der Waals surface area contributed by atoms with E-state index < -0.39 is 10.1 Å². The SMILES string of the molecule is Cc1ccc(S(=O)(=O)O/N=C2/C=C(c3ccc4ccccc4c3)CC(c3ccccc3)C2)cc1. The lowest BCUT2D eigenvalue weighted by Crippen LogP contribution is -2.14. The van der Waals surface area contributed by atoms with E-state index in [-0.39, 0.29) is 10.8 Å². The summed E-state index contributed by atoms with van der Waals surface area (Å²) in [5.41, 5.74) is 5.00. The maximum atomic E-state index is 12.7. The second-order valence-corrected chi connectivity index (χ2v) is 10.2. The Bertz CT molecular complexity index is 1490. The van der Waals surface area contributed by atoms with Gasteiger partial charge in [-0.15, -0.1) is 0 Å². The lowest BCUT2D eigenvalue weighted by molar-refractivity contribution is 0.337. The molecule has 0 spiro atoms. The zero-order valence-corrected chi connectivity index (χ0v) is 19.7. The molecule has 0 saturated heterocycles. The first-order chi connectivity index (χ1) is 16.5. The number of hydrogen-bond donors (Lipinski definition) is 0. The number of oxime groups is 1. The van der Waals surface area contributed by atoms with Crippen molar-refractivity contribution in [2.45, 2.75) is 30.6 Å². The second kappa shape index (κ2) is 9.27. The molecule has 5 rings (SSSR count). The molecule has 5 heteroatoms. The van der Waals surface area contributed by atoms with Crippen LogP contribution in [0.15, 0.2) is 113 Å². The van der Waals surface area contributed by atoms with Crippen LogP contribution in [0.25, 0.3) is 16.3 Å². The van der Waals surface area contributed by atoms with Crippen molar-refractivity contribution in [3.05, 3.63) is 120 Å². The van der Waals surface area contributed by atoms with Gasteiger partial charge in [-0.2, -0.15) is 8.42 Å². The van der Waals surface area contributed by atoms with E-state index in [2.05, 4.69) is 47.6 Å². The minimum absolute atomic E-state index is 0.0941. The van der Waals surface area contributed by atoms with Crippen LogP contribution >= 0.6 is 0 Å². The predicted octanol–water partition coefficient (Wildman–Crippen LogP) is 6.87. The van der Waals surface area contributed by atoms with E-state index in [4.69, 9.17) is 4.28 Å². The van der Waals surface area contributed by atoms with Crippen molar-refractivity contribution in [2.75, 3.05) is 0 Å². The van der Waals surface area contributed by atoms with Crippen molar-refractivity contribution in [1.29, 1.82) is 0 Å². The molecule has 4 aromatic carbocycles. The molecule has 34 heavy (non-hydrogen) atoms. The number of fused-ring (bicyclic) bond motifs is 1. The van der Waals surface area contributed by atoms with Gasteiger partial charge in [-0.1, -0.05) is 89.6 Å². The predicted molar refractivity (Wildman–Crippen MR) is 137 cm³/mol. The lowest BCUT2D eigenvalue weighted by atomic mass is 9.80. The van der Waals surface area contributed by atoms with Crippen LogP contribution in [-0.2, 0) is 14.4 Å². The first-order valence-corrected chi connectivity index (χ1v) is 12.7. The number of hydrogen-bond acceptors (Lipinski definition) is 4. The Balaban J connectivity index is 1.50. The molecule has 0 aliphatic heterocycles.